The second kappa shape index (κ2) is 9.51. The Morgan fingerprint density at radius 3 is 2.21 bits per heavy atom. The van der Waals surface area contributed by atoms with Gasteiger partial charge in [0.2, 0.25) is 0 Å². The molecule has 0 amide bonds. The van der Waals surface area contributed by atoms with E-state index in [0.29, 0.717) is 24.5 Å². The molecule has 1 aliphatic carbocycles. The lowest BCUT2D eigenvalue weighted by atomic mass is 9.68. The summed E-state index contributed by atoms with van der Waals surface area (Å²) in [6.07, 6.45) is -10.3. The molecule has 186 valence electrons. The molecule has 1 saturated heterocycles. The first kappa shape index (κ1) is 25.0. The van der Waals surface area contributed by atoms with Gasteiger partial charge in [0.05, 0.1) is 23.8 Å². The minimum atomic E-state index is -4.97. The average molecular weight is 487 g/mol. The third-order valence-corrected chi connectivity index (χ3v) is 7.11. The van der Waals surface area contributed by atoms with Crippen LogP contribution in [0, 0.1) is 18.8 Å². The molecule has 0 aromatic heterocycles. The predicted octanol–water partition coefficient (Wildman–Crippen LogP) is 5.86. The highest BCUT2D eigenvalue weighted by molar-refractivity contribution is 5.36. The molecule has 2 aromatic rings. The molecule has 5 atom stereocenters. The van der Waals surface area contributed by atoms with Crippen molar-refractivity contribution in [2.45, 2.75) is 50.2 Å². The van der Waals surface area contributed by atoms with E-state index < -0.39 is 42.3 Å². The van der Waals surface area contributed by atoms with E-state index in [1.165, 1.54) is 0 Å². The van der Waals surface area contributed by atoms with Crippen LogP contribution >= 0.6 is 0 Å². The molecule has 3 nitrogen and oxygen atoms in total. The van der Waals surface area contributed by atoms with Crippen LogP contribution in [0.3, 0.4) is 0 Å². The van der Waals surface area contributed by atoms with Crippen LogP contribution in [-0.4, -0.2) is 30.9 Å². The summed E-state index contributed by atoms with van der Waals surface area (Å²) < 4.78 is 86.3. The third-order valence-electron chi connectivity index (χ3n) is 7.11. The maximum atomic E-state index is 13.4. The van der Waals surface area contributed by atoms with E-state index >= 15 is 0 Å². The third kappa shape index (κ3) is 5.11. The summed E-state index contributed by atoms with van der Waals surface area (Å²) >= 11 is 0. The van der Waals surface area contributed by atoms with E-state index in [2.05, 4.69) is 5.32 Å². The zero-order valence-electron chi connectivity index (χ0n) is 18.6. The molecular formula is C25H27F6NO2. The smallest absolute Gasteiger partial charge is 0.393 e. The molecule has 1 aliphatic heterocycles. The van der Waals surface area contributed by atoms with Gasteiger partial charge in [0.25, 0.3) is 0 Å². The number of fused-ring (bicyclic) bond motifs is 1. The lowest BCUT2D eigenvalue weighted by molar-refractivity contribution is -0.143. The average Bonchev–Trinajstić information content (AvgIpc) is 3.25. The summed E-state index contributed by atoms with van der Waals surface area (Å²) in [6.45, 7) is 2.87. The van der Waals surface area contributed by atoms with Crippen molar-refractivity contribution in [2.75, 3.05) is 19.7 Å². The molecule has 0 radical (unpaired) electrons. The van der Waals surface area contributed by atoms with E-state index in [-0.39, 0.29) is 23.5 Å². The molecule has 1 unspecified atom stereocenters. The molecule has 0 spiro atoms. The van der Waals surface area contributed by atoms with Gasteiger partial charge in [0.1, 0.15) is 6.10 Å². The van der Waals surface area contributed by atoms with Gasteiger partial charge in [-0.3, -0.25) is 0 Å². The Bertz CT molecular complexity index is 973. The minimum absolute atomic E-state index is 0.0862. The number of halogens is 6. The molecule has 1 heterocycles. The molecule has 9 heteroatoms. The van der Waals surface area contributed by atoms with Crippen molar-refractivity contribution >= 4 is 0 Å². The first-order valence-electron chi connectivity index (χ1n) is 11.3. The Balaban J connectivity index is 1.70. The van der Waals surface area contributed by atoms with Crippen molar-refractivity contribution in [1.29, 1.82) is 0 Å². The quantitative estimate of drug-likeness (QED) is 0.519. The van der Waals surface area contributed by atoms with Gasteiger partial charge in [-0.05, 0) is 79.6 Å². The fourth-order valence-electron chi connectivity index (χ4n) is 5.47. The van der Waals surface area contributed by atoms with Crippen molar-refractivity contribution in [1.82, 2.24) is 5.32 Å². The van der Waals surface area contributed by atoms with Crippen molar-refractivity contribution in [2.24, 2.45) is 11.8 Å². The van der Waals surface area contributed by atoms with Gasteiger partial charge in [-0.1, -0.05) is 24.3 Å². The zero-order valence-corrected chi connectivity index (χ0v) is 18.6. The topological polar surface area (TPSA) is 41.5 Å². The zero-order chi connectivity index (χ0) is 24.7. The number of nitrogens with one attached hydrogen (secondary N) is 1. The summed E-state index contributed by atoms with van der Waals surface area (Å²) in [4.78, 5) is 0. The monoisotopic (exact) mass is 487 g/mol. The number of hydrogen-bond donors (Lipinski definition) is 2. The number of benzene rings is 2. The standard InChI is InChI=1S/C25H27F6NO2/c1-14-4-2-3-5-19(14)23-20-12-32-11-15(20)6-7-21(23)34-22(13-33)16-8-17(24(26,27)28)10-18(9-16)25(29,30)31/h2-5,8-10,15,20-23,32-33H,6-7,11-13H2,1H3/t15-,20-,21+,22?,23+/m1/s1. The van der Waals surface area contributed by atoms with Gasteiger partial charge < -0.3 is 15.2 Å². The number of hydrogen-bond acceptors (Lipinski definition) is 3. The maximum absolute atomic E-state index is 13.4. The molecule has 2 N–H and O–H groups in total. The first-order chi connectivity index (χ1) is 16.0. The molecular weight excluding hydrogens is 460 g/mol. The van der Waals surface area contributed by atoms with Gasteiger partial charge in [0.15, 0.2) is 0 Å². The van der Waals surface area contributed by atoms with Crippen molar-refractivity contribution in [3.63, 3.8) is 0 Å². The summed E-state index contributed by atoms with van der Waals surface area (Å²) in [6, 6.07) is 9.17. The second-order valence-corrected chi connectivity index (χ2v) is 9.23. The Kier molecular flexibility index (Phi) is 6.99. The lowest BCUT2D eigenvalue weighted by Gasteiger charge is -2.42. The van der Waals surface area contributed by atoms with Crippen LogP contribution in [-0.2, 0) is 17.1 Å². The highest BCUT2D eigenvalue weighted by Gasteiger charge is 2.45. The molecule has 2 aliphatic rings. The van der Waals surface area contributed by atoms with E-state index in [1.807, 2.05) is 31.2 Å². The summed E-state index contributed by atoms with van der Waals surface area (Å²) in [5.41, 5.74) is -1.06. The van der Waals surface area contributed by atoms with E-state index in [0.717, 1.165) is 30.6 Å². The number of alkyl halides is 6. The maximum Gasteiger partial charge on any atom is 0.416 e. The highest BCUT2D eigenvalue weighted by atomic mass is 19.4. The Morgan fingerprint density at radius 2 is 1.62 bits per heavy atom. The summed E-state index contributed by atoms with van der Waals surface area (Å²) in [5.74, 6) is 0.561. The molecule has 2 fully saturated rings. The van der Waals surface area contributed by atoms with E-state index in [4.69, 9.17) is 4.74 Å². The van der Waals surface area contributed by atoms with E-state index in [9.17, 15) is 31.4 Å². The molecule has 34 heavy (non-hydrogen) atoms. The number of aryl methyl sites for hydroxylation is 1. The van der Waals surface area contributed by atoms with Gasteiger partial charge in [-0.15, -0.1) is 0 Å². The van der Waals surface area contributed by atoms with Crippen molar-refractivity contribution < 1.29 is 36.2 Å². The van der Waals surface area contributed by atoms with Crippen LogP contribution in [0.2, 0.25) is 0 Å². The van der Waals surface area contributed by atoms with Crippen molar-refractivity contribution in [3.05, 3.63) is 70.3 Å². The second-order valence-electron chi connectivity index (χ2n) is 9.23. The Hall–Kier alpha value is -2.10. The number of aliphatic hydroxyl groups is 1. The number of rotatable bonds is 5. The normalized spacial score (nSPS) is 26.4. The molecule has 0 bridgehead atoms. The van der Waals surface area contributed by atoms with Gasteiger partial charge in [0, 0.05) is 5.92 Å². The summed E-state index contributed by atoms with van der Waals surface area (Å²) in [5, 5.41) is 13.4. The molecule has 2 aromatic carbocycles. The van der Waals surface area contributed by atoms with E-state index in [1.54, 1.807) is 0 Å². The molecule has 1 saturated carbocycles. The fraction of sp³-hybridized carbons (Fsp3) is 0.520. The van der Waals surface area contributed by atoms with Crippen LogP contribution < -0.4 is 5.32 Å². The lowest BCUT2D eigenvalue weighted by Crippen LogP contribution is -2.39. The van der Waals surface area contributed by atoms with Crippen molar-refractivity contribution in [3.8, 4) is 0 Å². The molecule has 4 rings (SSSR count). The van der Waals surface area contributed by atoms with Crippen LogP contribution in [0.5, 0.6) is 0 Å². The fourth-order valence-corrected chi connectivity index (χ4v) is 5.47. The minimum Gasteiger partial charge on any atom is -0.393 e. The predicted molar refractivity (Wildman–Crippen MR) is 114 cm³/mol. The van der Waals surface area contributed by atoms with Crippen LogP contribution in [0.1, 0.15) is 52.7 Å². The largest absolute Gasteiger partial charge is 0.416 e. The van der Waals surface area contributed by atoms with Gasteiger partial charge >= 0.3 is 12.4 Å². The van der Waals surface area contributed by atoms with Crippen LogP contribution in [0.25, 0.3) is 0 Å². The highest BCUT2D eigenvalue weighted by Crippen LogP contribution is 2.47. The van der Waals surface area contributed by atoms with Gasteiger partial charge in [-0.2, -0.15) is 26.3 Å². The Labute approximate surface area is 194 Å². The Morgan fingerprint density at radius 1 is 0.971 bits per heavy atom. The first-order valence-corrected chi connectivity index (χ1v) is 11.3. The summed E-state index contributed by atoms with van der Waals surface area (Å²) in [7, 11) is 0. The number of ether oxygens (including phenoxy) is 1. The van der Waals surface area contributed by atoms with Gasteiger partial charge in [-0.25, -0.2) is 0 Å². The van der Waals surface area contributed by atoms with Crippen LogP contribution in [0.15, 0.2) is 42.5 Å². The number of aliphatic hydroxyl groups excluding tert-OH is 1. The SMILES string of the molecule is Cc1ccccc1[C@H]1[C@@H]2CNC[C@H]2CC[C@@H]1OC(CO)c1cc(C(F)(F)F)cc(C(F)(F)F)c1. The van der Waals surface area contributed by atoms with Crippen LogP contribution in [0.4, 0.5) is 26.3 Å².